The van der Waals surface area contributed by atoms with E-state index in [4.69, 9.17) is 14.6 Å². The first-order valence-corrected chi connectivity index (χ1v) is 10.6. The standard InChI is InChI=1S/C22H36O8/c1-2-3-4-5-6-7-8-13-29-17-11-9-16(10-12-17)22(28)30-15-19(25)21(27)20(26)18(24)14-23/h9-12,18-21,23-27H,2-8,13-15H2,1H3/t18-,19+,20+,21+/m0/s1. The van der Waals surface area contributed by atoms with Crippen LogP contribution >= 0.6 is 0 Å². The van der Waals surface area contributed by atoms with Crippen LogP contribution in [0.1, 0.15) is 62.2 Å². The molecule has 0 fully saturated rings. The molecule has 172 valence electrons. The van der Waals surface area contributed by atoms with Gasteiger partial charge in [-0.25, -0.2) is 4.79 Å². The summed E-state index contributed by atoms with van der Waals surface area (Å²) in [4.78, 5) is 12.0. The zero-order valence-electron chi connectivity index (χ0n) is 17.7. The van der Waals surface area contributed by atoms with Crippen molar-refractivity contribution in [3.05, 3.63) is 29.8 Å². The van der Waals surface area contributed by atoms with Crippen molar-refractivity contribution in [1.82, 2.24) is 0 Å². The molecular formula is C22H36O8. The van der Waals surface area contributed by atoms with E-state index >= 15 is 0 Å². The van der Waals surface area contributed by atoms with E-state index in [1.165, 1.54) is 44.2 Å². The molecule has 0 aliphatic carbocycles. The summed E-state index contributed by atoms with van der Waals surface area (Å²) in [6.45, 7) is 1.46. The van der Waals surface area contributed by atoms with E-state index in [1.54, 1.807) is 12.1 Å². The first kappa shape index (κ1) is 26.3. The molecule has 0 radical (unpaired) electrons. The Morgan fingerprint density at radius 2 is 1.43 bits per heavy atom. The van der Waals surface area contributed by atoms with E-state index in [2.05, 4.69) is 6.92 Å². The average molecular weight is 429 g/mol. The van der Waals surface area contributed by atoms with Gasteiger partial charge in [0.25, 0.3) is 0 Å². The van der Waals surface area contributed by atoms with Crippen LogP contribution < -0.4 is 4.74 Å². The lowest BCUT2D eigenvalue weighted by Gasteiger charge is -2.25. The Balaban J connectivity index is 2.31. The van der Waals surface area contributed by atoms with Crippen molar-refractivity contribution >= 4 is 5.97 Å². The second-order valence-corrected chi connectivity index (χ2v) is 7.39. The third-order valence-corrected chi connectivity index (χ3v) is 4.82. The van der Waals surface area contributed by atoms with Crippen LogP contribution in [-0.2, 0) is 4.74 Å². The molecule has 0 bridgehead atoms. The summed E-state index contributed by atoms with van der Waals surface area (Å²) in [6.07, 6.45) is 1.64. The molecule has 8 heteroatoms. The third kappa shape index (κ3) is 9.86. The normalized spacial score (nSPS) is 15.3. The van der Waals surface area contributed by atoms with E-state index in [1.807, 2.05) is 0 Å². The zero-order valence-corrected chi connectivity index (χ0v) is 17.7. The number of ether oxygens (including phenoxy) is 2. The maximum Gasteiger partial charge on any atom is 0.338 e. The molecule has 30 heavy (non-hydrogen) atoms. The number of aliphatic hydroxyl groups excluding tert-OH is 5. The monoisotopic (exact) mass is 428 g/mol. The van der Waals surface area contributed by atoms with Crippen LogP contribution in [0.5, 0.6) is 5.75 Å². The highest BCUT2D eigenvalue weighted by Crippen LogP contribution is 2.15. The van der Waals surface area contributed by atoms with E-state index in [-0.39, 0.29) is 5.56 Å². The average Bonchev–Trinajstić information content (AvgIpc) is 2.77. The maximum atomic E-state index is 12.0. The van der Waals surface area contributed by atoms with Crippen LogP contribution in [0.2, 0.25) is 0 Å². The second kappa shape index (κ2) is 15.1. The number of aliphatic hydroxyl groups is 5. The first-order valence-electron chi connectivity index (χ1n) is 10.6. The summed E-state index contributed by atoms with van der Waals surface area (Å²) in [6, 6.07) is 6.39. The Morgan fingerprint density at radius 3 is 2.03 bits per heavy atom. The number of unbranched alkanes of at least 4 members (excludes halogenated alkanes) is 6. The summed E-state index contributed by atoms with van der Waals surface area (Å²) in [5, 5.41) is 47.0. The van der Waals surface area contributed by atoms with Gasteiger partial charge in [0.15, 0.2) is 0 Å². The molecule has 5 N–H and O–H groups in total. The van der Waals surface area contributed by atoms with Crippen molar-refractivity contribution in [3.63, 3.8) is 0 Å². The molecule has 1 aromatic rings. The fourth-order valence-electron chi connectivity index (χ4n) is 2.84. The molecule has 8 nitrogen and oxygen atoms in total. The lowest BCUT2D eigenvalue weighted by Crippen LogP contribution is -2.47. The molecular weight excluding hydrogens is 392 g/mol. The van der Waals surface area contributed by atoms with Gasteiger partial charge in [0.05, 0.1) is 18.8 Å². The molecule has 0 amide bonds. The van der Waals surface area contributed by atoms with Gasteiger partial charge in [0, 0.05) is 0 Å². The van der Waals surface area contributed by atoms with Gasteiger partial charge in [-0.15, -0.1) is 0 Å². The highest BCUT2D eigenvalue weighted by atomic mass is 16.5. The van der Waals surface area contributed by atoms with Gasteiger partial charge in [-0.2, -0.15) is 0 Å². The summed E-state index contributed by atoms with van der Waals surface area (Å²) in [5.74, 6) is -0.0637. The van der Waals surface area contributed by atoms with Gasteiger partial charge >= 0.3 is 5.97 Å². The van der Waals surface area contributed by atoms with E-state index < -0.39 is 43.6 Å². The van der Waals surface area contributed by atoms with Crippen molar-refractivity contribution in [1.29, 1.82) is 0 Å². The Kier molecular flexibility index (Phi) is 13.3. The fraction of sp³-hybridized carbons (Fsp3) is 0.682. The molecule has 0 saturated heterocycles. The molecule has 1 rings (SSSR count). The van der Waals surface area contributed by atoms with Gasteiger partial charge in [-0.1, -0.05) is 45.4 Å². The fourth-order valence-corrected chi connectivity index (χ4v) is 2.84. The van der Waals surface area contributed by atoms with Gasteiger partial charge in [-0.05, 0) is 30.7 Å². The minimum absolute atomic E-state index is 0.246. The predicted octanol–water partition coefficient (Wildman–Crippen LogP) is 1.41. The topological polar surface area (TPSA) is 137 Å². The molecule has 4 atom stereocenters. The van der Waals surface area contributed by atoms with Gasteiger partial charge in [0.2, 0.25) is 0 Å². The molecule has 0 heterocycles. The van der Waals surface area contributed by atoms with E-state index in [0.29, 0.717) is 12.4 Å². The summed E-state index contributed by atoms with van der Waals surface area (Å²) < 4.78 is 10.6. The van der Waals surface area contributed by atoms with Crippen LogP contribution in [0.3, 0.4) is 0 Å². The minimum atomic E-state index is -1.78. The molecule has 0 aliphatic rings. The quantitative estimate of drug-likeness (QED) is 0.197. The van der Waals surface area contributed by atoms with Crippen molar-refractivity contribution < 1.29 is 39.8 Å². The number of rotatable bonds is 16. The Morgan fingerprint density at radius 1 is 0.867 bits per heavy atom. The lowest BCUT2D eigenvalue weighted by molar-refractivity contribution is -0.124. The second-order valence-electron chi connectivity index (χ2n) is 7.39. The lowest BCUT2D eigenvalue weighted by atomic mass is 10.0. The largest absolute Gasteiger partial charge is 0.494 e. The number of esters is 1. The van der Waals surface area contributed by atoms with E-state index in [9.17, 15) is 25.2 Å². The Bertz CT molecular complexity index is 577. The van der Waals surface area contributed by atoms with Crippen LogP contribution in [-0.4, -0.2) is 75.7 Å². The summed E-state index contributed by atoms with van der Waals surface area (Å²) in [5.41, 5.74) is 0.246. The minimum Gasteiger partial charge on any atom is -0.494 e. The smallest absolute Gasteiger partial charge is 0.338 e. The maximum absolute atomic E-state index is 12.0. The number of benzene rings is 1. The summed E-state index contributed by atoms with van der Waals surface area (Å²) >= 11 is 0. The van der Waals surface area contributed by atoms with Crippen LogP contribution in [0.4, 0.5) is 0 Å². The third-order valence-electron chi connectivity index (χ3n) is 4.82. The van der Waals surface area contributed by atoms with Crippen LogP contribution in [0.25, 0.3) is 0 Å². The number of hydrogen-bond acceptors (Lipinski definition) is 8. The molecule has 0 spiro atoms. The summed E-state index contributed by atoms with van der Waals surface area (Å²) in [7, 11) is 0. The van der Waals surface area contributed by atoms with Crippen LogP contribution in [0.15, 0.2) is 24.3 Å². The molecule has 0 unspecified atom stereocenters. The van der Waals surface area contributed by atoms with Crippen LogP contribution in [0, 0.1) is 0 Å². The molecule has 0 aromatic heterocycles. The molecule has 0 aliphatic heterocycles. The predicted molar refractivity (Wildman–Crippen MR) is 111 cm³/mol. The Labute approximate surface area is 178 Å². The Hall–Kier alpha value is -1.71. The highest BCUT2D eigenvalue weighted by Gasteiger charge is 2.30. The zero-order chi connectivity index (χ0) is 22.4. The van der Waals surface area contributed by atoms with E-state index in [0.717, 1.165) is 12.8 Å². The highest BCUT2D eigenvalue weighted by molar-refractivity contribution is 5.89. The molecule has 1 aromatic carbocycles. The number of hydrogen-bond donors (Lipinski definition) is 5. The number of carbonyl (C=O) groups is 1. The van der Waals surface area contributed by atoms with Gasteiger partial charge in [-0.3, -0.25) is 0 Å². The first-order chi connectivity index (χ1) is 14.4. The van der Waals surface area contributed by atoms with Gasteiger partial charge < -0.3 is 35.0 Å². The van der Waals surface area contributed by atoms with Gasteiger partial charge in [0.1, 0.15) is 36.8 Å². The number of carbonyl (C=O) groups excluding carboxylic acids is 1. The van der Waals surface area contributed by atoms with Crippen molar-refractivity contribution in [2.75, 3.05) is 19.8 Å². The van der Waals surface area contributed by atoms with Crippen molar-refractivity contribution in [2.24, 2.45) is 0 Å². The van der Waals surface area contributed by atoms with Crippen molar-refractivity contribution in [2.45, 2.75) is 76.3 Å². The molecule has 0 saturated carbocycles. The SMILES string of the molecule is CCCCCCCCCOc1ccc(C(=O)OC[C@@H](O)[C@@H](O)[C@H](O)[C@@H](O)CO)cc1. The van der Waals surface area contributed by atoms with Crippen molar-refractivity contribution in [3.8, 4) is 5.75 Å².